The molecule has 0 spiro atoms. The third kappa shape index (κ3) is 3.47. The number of benzene rings is 1. The van der Waals surface area contributed by atoms with Crippen LogP contribution >= 0.6 is 0 Å². The molecule has 0 aliphatic heterocycles. The number of H-pyrrole nitrogens is 1. The first-order chi connectivity index (χ1) is 12.1. The molecule has 10 heteroatoms. The molecule has 3 rings (SSSR count). The van der Waals surface area contributed by atoms with Crippen LogP contribution in [-0.4, -0.2) is 37.9 Å². The van der Waals surface area contributed by atoms with E-state index in [0.29, 0.717) is 5.69 Å². The van der Waals surface area contributed by atoms with Gasteiger partial charge in [-0.25, -0.2) is 4.68 Å². The lowest BCUT2D eigenvalue weighted by molar-refractivity contribution is -0.385. The van der Waals surface area contributed by atoms with Gasteiger partial charge in [0, 0.05) is 6.20 Å². The van der Waals surface area contributed by atoms with Gasteiger partial charge in [-0.1, -0.05) is 0 Å². The Hall–Kier alpha value is -3.69. The molecule has 0 fully saturated rings. The predicted molar refractivity (Wildman–Crippen MR) is 86.5 cm³/mol. The van der Waals surface area contributed by atoms with E-state index in [-0.39, 0.29) is 17.9 Å². The summed E-state index contributed by atoms with van der Waals surface area (Å²) in [7, 11) is 1.59. The Kier molecular flexibility index (Phi) is 4.42. The lowest BCUT2D eigenvalue weighted by Crippen LogP contribution is -2.24. The molecular formula is C15H14N6O4. The van der Waals surface area contributed by atoms with Gasteiger partial charge in [0.15, 0.2) is 0 Å². The highest BCUT2D eigenvalue weighted by Gasteiger charge is 2.22. The zero-order valence-corrected chi connectivity index (χ0v) is 13.2. The molecule has 3 aromatic rings. The average molecular weight is 342 g/mol. The van der Waals surface area contributed by atoms with Crippen LogP contribution < -0.4 is 10.1 Å². The number of aromatic nitrogens is 4. The minimum absolute atomic E-state index is 0.123. The minimum atomic E-state index is -0.670. The number of aromatic amines is 1. The molecule has 1 aromatic carbocycles. The van der Waals surface area contributed by atoms with Crippen molar-refractivity contribution in [2.45, 2.75) is 6.54 Å². The van der Waals surface area contributed by atoms with E-state index < -0.39 is 10.8 Å². The maximum atomic E-state index is 12.0. The molecule has 0 aliphatic carbocycles. The quantitative estimate of drug-likeness (QED) is 0.515. The molecule has 2 aromatic heterocycles. The monoisotopic (exact) mass is 342 g/mol. The van der Waals surface area contributed by atoms with E-state index in [1.807, 2.05) is 24.3 Å². The summed E-state index contributed by atoms with van der Waals surface area (Å²) in [6, 6.07) is 9.07. The Bertz CT molecular complexity index is 899. The number of hydrogen-bond donors (Lipinski definition) is 2. The van der Waals surface area contributed by atoms with Gasteiger partial charge < -0.3 is 10.1 Å². The van der Waals surface area contributed by atoms with Crippen LogP contribution in [0.15, 0.2) is 42.7 Å². The molecule has 2 N–H and O–H groups in total. The van der Waals surface area contributed by atoms with Crippen LogP contribution in [-0.2, 0) is 6.54 Å². The lowest BCUT2D eigenvalue weighted by Gasteiger charge is -2.04. The van der Waals surface area contributed by atoms with Crippen molar-refractivity contribution in [3.05, 3.63) is 64.2 Å². The number of rotatable bonds is 6. The number of carbonyl (C=O) groups excluding carboxylic acids is 1. The molecule has 0 bridgehead atoms. The fourth-order valence-corrected chi connectivity index (χ4v) is 2.18. The van der Waals surface area contributed by atoms with E-state index in [1.54, 1.807) is 24.1 Å². The Balaban J connectivity index is 1.66. The normalized spacial score (nSPS) is 10.4. The average Bonchev–Trinajstić information content (AvgIpc) is 3.29. The first-order valence-electron chi connectivity index (χ1n) is 7.23. The van der Waals surface area contributed by atoms with Crippen LogP contribution in [0.4, 0.5) is 5.69 Å². The van der Waals surface area contributed by atoms with Crippen molar-refractivity contribution >= 4 is 11.6 Å². The molecular weight excluding hydrogens is 328 g/mol. The Morgan fingerprint density at radius 1 is 1.36 bits per heavy atom. The van der Waals surface area contributed by atoms with E-state index in [4.69, 9.17) is 4.74 Å². The summed E-state index contributed by atoms with van der Waals surface area (Å²) >= 11 is 0. The summed E-state index contributed by atoms with van der Waals surface area (Å²) in [5.41, 5.74) is 0.870. The van der Waals surface area contributed by atoms with E-state index >= 15 is 0 Å². The maximum Gasteiger partial charge on any atom is 0.319 e. The first kappa shape index (κ1) is 16.2. The molecule has 0 atom stereocenters. The number of nitrogens with zero attached hydrogens (tertiary/aromatic N) is 4. The number of hydrogen-bond acceptors (Lipinski definition) is 6. The summed E-state index contributed by atoms with van der Waals surface area (Å²) in [4.78, 5) is 22.2. The molecule has 25 heavy (non-hydrogen) atoms. The van der Waals surface area contributed by atoms with Crippen molar-refractivity contribution < 1.29 is 14.5 Å². The molecule has 128 valence electrons. The molecule has 0 saturated carbocycles. The van der Waals surface area contributed by atoms with E-state index in [0.717, 1.165) is 17.6 Å². The number of ether oxygens (including phenoxy) is 1. The fourth-order valence-electron chi connectivity index (χ4n) is 2.18. The van der Waals surface area contributed by atoms with Crippen LogP contribution in [0.25, 0.3) is 5.69 Å². The van der Waals surface area contributed by atoms with Gasteiger partial charge in [0.1, 0.15) is 11.9 Å². The molecule has 0 aliphatic rings. The summed E-state index contributed by atoms with van der Waals surface area (Å²) in [6.07, 6.45) is 2.75. The van der Waals surface area contributed by atoms with Gasteiger partial charge in [-0.3, -0.25) is 20.0 Å². The number of amides is 1. The second-order valence-electron chi connectivity index (χ2n) is 5.02. The van der Waals surface area contributed by atoms with E-state index in [2.05, 4.69) is 20.6 Å². The van der Waals surface area contributed by atoms with Crippen LogP contribution in [0.1, 0.15) is 16.2 Å². The van der Waals surface area contributed by atoms with Crippen molar-refractivity contribution in [3.63, 3.8) is 0 Å². The standard InChI is InChI=1S/C15H14N6O4/c1-25-12-4-2-11(3-5-12)20-7-6-10(19-20)8-16-15(22)14-13(21(23)24)9-17-18-14/h2-7,9H,8H2,1H3,(H,16,22)(H,17,18). The number of nitrogens with one attached hydrogen (secondary N) is 2. The van der Waals surface area contributed by atoms with E-state index in [1.165, 1.54) is 0 Å². The molecule has 2 heterocycles. The third-order valence-corrected chi connectivity index (χ3v) is 3.45. The Labute approximate surface area is 141 Å². The first-order valence-corrected chi connectivity index (χ1v) is 7.23. The number of nitro groups is 1. The van der Waals surface area contributed by atoms with Gasteiger partial charge in [0.25, 0.3) is 5.91 Å². The summed E-state index contributed by atoms with van der Waals surface area (Å²) in [5.74, 6) is 0.118. The zero-order chi connectivity index (χ0) is 17.8. The maximum absolute atomic E-state index is 12.0. The van der Waals surface area contributed by atoms with Crippen molar-refractivity contribution in [2.75, 3.05) is 7.11 Å². The molecule has 0 unspecified atom stereocenters. The second kappa shape index (κ2) is 6.83. The smallest absolute Gasteiger partial charge is 0.319 e. The Morgan fingerprint density at radius 2 is 2.12 bits per heavy atom. The van der Waals surface area contributed by atoms with Gasteiger partial charge in [-0.15, -0.1) is 0 Å². The molecule has 0 radical (unpaired) electrons. The third-order valence-electron chi connectivity index (χ3n) is 3.45. The lowest BCUT2D eigenvalue weighted by atomic mass is 10.3. The zero-order valence-electron chi connectivity index (χ0n) is 13.2. The van der Waals surface area contributed by atoms with Crippen molar-refractivity contribution in [3.8, 4) is 11.4 Å². The SMILES string of the molecule is COc1ccc(-n2ccc(CNC(=O)c3[nH]ncc3[N+](=O)[O-])n2)cc1. The summed E-state index contributed by atoms with van der Waals surface area (Å²) in [5, 5.41) is 23.6. The van der Waals surface area contributed by atoms with Gasteiger partial charge in [0.2, 0.25) is 5.69 Å². The van der Waals surface area contributed by atoms with Crippen LogP contribution in [0.5, 0.6) is 5.75 Å². The largest absolute Gasteiger partial charge is 0.497 e. The van der Waals surface area contributed by atoms with Crippen molar-refractivity contribution in [2.24, 2.45) is 0 Å². The highest BCUT2D eigenvalue weighted by Crippen LogP contribution is 2.15. The van der Waals surface area contributed by atoms with E-state index in [9.17, 15) is 14.9 Å². The topological polar surface area (TPSA) is 128 Å². The minimum Gasteiger partial charge on any atom is -0.497 e. The van der Waals surface area contributed by atoms with Crippen LogP contribution in [0, 0.1) is 10.1 Å². The molecule has 10 nitrogen and oxygen atoms in total. The van der Waals surface area contributed by atoms with Crippen LogP contribution in [0.2, 0.25) is 0 Å². The predicted octanol–water partition coefficient (Wildman–Crippen LogP) is 1.44. The number of methoxy groups -OCH3 is 1. The van der Waals surface area contributed by atoms with Gasteiger partial charge in [-0.05, 0) is 30.3 Å². The van der Waals surface area contributed by atoms with Gasteiger partial charge >= 0.3 is 5.69 Å². The second-order valence-corrected chi connectivity index (χ2v) is 5.02. The molecule has 1 amide bonds. The van der Waals surface area contributed by atoms with Crippen molar-refractivity contribution in [1.82, 2.24) is 25.3 Å². The fraction of sp³-hybridized carbons (Fsp3) is 0.133. The summed E-state index contributed by atoms with van der Waals surface area (Å²) in [6.45, 7) is 0.123. The van der Waals surface area contributed by atoms with Crippen LogP contribution in [0.3, 0.4) is 0 Å². The highest BCUT2D eigenvalue weighted by molar-refractivity contribution is 5.95. The summed E-state index contributed by atoms with van der Waals surface area (Å²) < 4.78 is 6.76. The van der Waals surface area contributed by atoms with Gasteiger partial charge in [0.05, 0.1) is 30.0 Å². The van der Waals surface area contributed by atoms with Crippen molar-refractivity contribution in [1.29, 1.82) is 0 Å². The Morgan fingerprint density at radius 3 is 2.80 bits per heavy atom. The number of carbonyl (C=O) groups is 1. The van der Waals surface area contributed by atoms with Gasteiger partial charge in [-0.2, -0.15) is 10.2 Å². The molecule has 0 saturated heterocycles. The highest BCUT2D eigenvalue weighted by atomic mass is 16.6.